The van der Waals surface area contributed by atoms with Crippen LogP contribution in [-0.4, -0.2) is 32.1 Å². The Morgan fingerprint density at radius 3 is 2.52 bits per heavy atom. The monoisotopic (exact) mass is 493 g/mol. The average Bonchev–Trinajstić information content (AvgIpc) is 3.37. The fourth-order valence-electron chi connectivity index (χ4n) is 2.81. The second-order valence-electron chi connectivity index (χ2n) is 6.57. The summed E-state index contributed by atoms with van der Waals surface area (Å²) < 4.78 is 1.79. The van der Waals surface area contributed by atoms with E-state index in [2.05, 4.69) is 36.6 Å². The van der Waals surface area contributed by atoms with Gasteiger partial charge in [0, 0.05) is 23.0 Å². The number of aromatic nitrogens is 3. The highest BCUT2D eigenvalue weighted by molar-refractivity contribution is 9.10. The summed E-state index contributed by atoms with van der Waals surface area (Å²) in [6, 6.07) is 11.7. The first kappa shape index (κ1) is 19.9. The van der Waals surface area contributed by atoms with Crippen molar-refractivity contribution in [3.63, 3.8) is 0 Å². The van der Waals surface area contributed by atoms with E-state index in [0.717, 1.165) is 0 Å². The molecule has 2 N–H and O–H groups in total. The van der Waals surface area contributed by atoms with Gasteiger partial charge in [-0.3, -0.25) is 9.59 Å². The fourth-order valence-corrected chi connectivity index (χ4v) is 3.51. The predicted octanol–water partition coefficient (Wildman–Crippen LogP) is 4.24. The number of pyridine rings is 1. The van der Waals surface area contributed by atoms with Crippen molar-refractivity contribution in [3.8, 4) is 5.82 Å². The Balaban J connectivity index is 1.55. The predicted molar refractivity (Wildman–Crippen MR) is 114 cm³/mol. The van der Waals surface area contributed by atoms with E-state index in [1.807, 2.05) is 0 Å². The number of hydrogen-bond donors (Lipinski definition) is 2. The minimum atomic E-state index is -0.966. The number of carbonyl (C=O) groups excluding carboxylic acids is 2. The van der Waals surface area contributed by atoms with Crippen molar-refractivity contribution in [3.05, 3.63) is 69.0 Å². The number of nitrogens with zero attached hydrogens (tertiary/aromatic N) is 3. The van der Waals surface area contributed by atoms with Crippen LogP contribution in [0.2, 0.25) is 10.0 Å². The molecule has 148 valence electrons. The second-order valence-corrected chi connectivity index (χ2v) is 8.23. The number of halogens is 3. The summed E-state index contributed by atoms with van der Waals surface area (Å²) in [7, 11) is 0. The van der Waals surface area contributed by atoms with Crippen LogP contribution in [0, 0.1) is 0 Å². The second kappa shape index (κ2) is 7.78. The molecule has 1 aliphatic carbocycles. The highest BCUT2D eigenvalue weighted by atomic mass is 79.9. The molecule has 4 rings (SSSR count). The first-order chi connectivity index (χ1) is 13.9. The number of amides is 2. The number of hydrogen-bond acceptors (Lipinski definition) is 4. The molecule has 29 heavy (non-hydrogen) atoms. The molecule has 0 saturated heterocycles. The van der Waals surface area contributed by atoms with Crippen LogP contribution in [0.4, 0.5) is 5.69 Å². The SMILES string of the molecule is O=C(NC1(C(=O)Nc2ccc(Cl)cc2)CC1)c1cc(Br)nn1-c1ncccc1Cl. The van der Waals surface area contributed by atoms with Gasteiger partial charge in [0.2, 0.25) is 5.91 Å². The van der Waals surface area contributed by atoms with Crippen LogP contribution in [0.15, 0.2) is 53.3 Å². The Bertz CT molecular complexity index is 1100. The summed E-state index contributed by atoms with van der Waals surface area (Å²) in [6.07, 6.45) is 2.63. The van der Waals surface area contributed by atoms with E-state index >= 15 is 0 Å². The number of rotatable bonds is 5. The Morgan fingerprint density at radius 2 is 1.86 bits per heavy atom. The van der Waals surface area contributed by atoms with Gasteiger partial charge in [0.05, 0.1) is 5.02 Å². The Morgan fingerprint density at radius 1 is 1.14 bits per heavy atom. The molecular formula is C19H14BrCl2N5O2. The Labute approximate surface area is 184 Å². The average molecular weight is 495 g/mol. The fraction of sp³-hybridized carbons (Fsp3) is 0.158. The van der Waals surface area contributed by atoms with Crippen LogP contribution in [0.5, 0.6) is 0 Å². The summed E-state index contributed by atoms with van der Waals surface area (Å²) in [4.78, 5) is 29.9. The van der Waals surface area contributed by atoms with Crippen molar-refractivity contribution in [1.29, 1.82) is 0 Å². The van der Waals surface area contributed by atoms with Gasteiger partial charge in [0.25, 0.3) is 5.91 Å². The zero-order valence-electron chi connectivity index (χ0n) is 14.8. The summed E-state index contributed by atoms with van der Waals surface area (Å²) in [5.41, 5.74) is -0.150. The molecule has 7 nitrogen and oxygen atoms in total. The maximum Gasteiger partial charge on any atom is 0.270 e. The molecule has 0 bridgehead atoms. The van der Waals surface area contributed by atoms with Crippen molar-refractivity contribution in [2.24, 2.45) is 0 Å². The normalized spacial score (nSPS) is 14.3. The van der Waals surface area contributed by atoms with Crippen LogP contribution in [0.25, 0.3) is 5.82 Å². The zero-order valence-corrected chi connectivity index (χ0v) is 17.9. The lowest BCUT2D eigenvalue weighted by Gasteiger charge is -2.17. The molecule has 3 aromatic rings. The van der Waals surface area contributed by atoms with Gasteiger partial charge in [-0.15, -0.1) is 0 Å². The molecular weight excluding hydrogens is 481 g/mol. The molecule has 0 atom stereocenters. The number of anilines is 1. The number of carbonyl (C=O) groups is 2. The van der Waals surface area contributed by atoms with E-state index in [1.54, 1.807) is 48.7 Å². The molecule has 2 aromatic heterocycles. The van der Waals surface area contributed by atoms with Gasteiger partial charge in [-0.1, -0.05) is 23.2 Å². The third-order valence-electron chi connectivity index (χ3n) is 4.49. The molecule has 2 heterocycles. The summed E-state index contributed by atoms with van der Waals surface area (Å²) in [6.45, 7) is 0. The van der Waals surface area contributed by atoms with Crippen molar-refractivity contribution >= 4 is 56.6 Å². The number of benzene rings is 1. The van der Waals surface area contributed by atoms with Gasteiger partial charge in [0.1, 0.15) is 15.8 Å². The van der Waals surface area contributed by atoms with Crippen molar-refractivity contribution < 1.29 is 9.59 Å². The molecule has 1 aromatic carbocycles. The maximum absolute atomic E-state index is 13.0. The van der Waals surface area contributed by atoms with E-state index in [-0.39, 0.29) is 11.6 Å². The molecule has 0 spiro atoms. The molecule has 1 aliphatic rings. The molecule has 2 amide bonds. The number of nitrogens with one attached hydrogen (secondary N) is 2. The Hall–Kier alpha value is -2.42. The van der Waals surface area contributed by atoms with Crippen LogP contribution < -0.4 is 10.6 Å². The molecule has 0 aliphatic heterocycles. The van der Waals surface area contributed by atoms with Crippen LogP contribution in [0.1, 0.15) is 23.3 Å². The first-order valence-electron chi connectivity index (χ1n) is 8.64. The van der Waals surface area contributed by atoms with Crippen LogP contribution in [-0.2, 0) is 4.79 Å². The quantitative estimate of drug-likeness (QED) is 0.555. The minimum Gasteiger partial charge on any atom is -0.336 e. The van der Waals surface area contributed by atoms with Gasteiger partial charge in [-0.05, 0) is 65.2 Å². The highest BCUT2D eigenvalue weighted by Crippen LogP contribution is 2.37. The van der Waals surface area contributed by atoms with Gasteiger partial charge < -0.3 is 10.6 Å². The van der Waals surface area contributed by atoms with Crippen molar-refractivity contribution in [1.82, 2.24) is 20.1 Å². The maximum atomic E-state index is 13.0. The van der Waals surface area contributed by atoms with Crippen molar-refractivity contribution in [2.75, 3.05) is 5.32 Å². The molecule has 1 saturated carbocycles. The topological polar surface area (TPSA) is 88.9 Å². The lowest BCUT2D eigenvalue weighted by atomic mass is 10.2. The van der Waals surface area contributed by atoms with Gasteiger partial charge in [0.15, 0.2) is 5.82 Å². The molecule has 10 heteroatoms. The highest BCUT2D eigenvalue weighted by Gasteiger charge is 2.51. The zero-order chi connectivity index (χ0) is 20.6. The van der Waals surface area contributed by atoms with Crippen LogP contribution >= 0.6 is 39.1 Å². The summed E-state index contributed by atoms with van der Waals surface area (Å²) >= 11 is 15.3. The lowest BCUT2D eigenvalue weighted by Crippen LogP contribution is -2.46. The van der Waals surface area contributed by atoms with E-state index in [0.29, 0.717) is 39.0 Å². The minimum absolute atomic E-state index is 0.211. The van der Waals surface area contributed by atoms with Gasteiger partial charge in [-0.2, -0.15) is 5.10 Å². The lowest BCUT2D eigenvalue weighted by molar-refractivity contribution is -0.118. The summed E-state index contributed by atoms with van der Waals surface area (Å²) in [5, 5.41) is 10.8. The smallest absolute Gasteiger partial charge is 0.270 e. The van der Waals surface area contributed by atoms with Crippen LogP contribution in [0.3, 0.4) is 0 Å². The third kappa shape index (κ3) is 4.14. The Kier molecular flexibility index (Phi) is 5.33. The molecule has 0 unspecified atom stereocenters. The summed E-state index contributed by atoms with van der Waals surface area (Å²) in [5.74, 6) is -0.414. The van der Waals surface area contributed by atoms with E-state index in [9.17, 15) is 9.59 Å². The third-order valence-corrected chi connectivity index (χ3v) is 5.43. The van der Waals surface area contributed by atoms with E-state index < -0.39 is 11.4 Å². The van der Waals surface area contributed by atoms with E-state index in [1.165, 1.54) is 4.68 Å². The molecule has 0 radical (unpaired) electrons. The van der Waals surface area contributed by atoms with Crippen molar-refractivity contribution in [2.45, 2.75) is 18.4 Å². The van der Waals surface area contributed by atoms with E-state index in [4.69, 9.17) is 23.2 Å². The largest absolute Gasteiger partial charge is 0.336 e. The standard InChI is InChI=1S/C19H14BrCl2N5O2/c20-15-10-14(27(26-15)16-13(22)2-1-9-23-16)17(28)25-19(7-8-19)18(29)24-12-5-3-11(21)4-6-12/h1-6,9-10H,7-8H2,(H,24,29)(H,25,28). The molecule has 1 fully saturated rings. The van der Waals surface area contributed by atoms with Gasteiger partial charge in [-0.25, -0.2) is 9.67 Å². The first-order valence-corrected chi connectivity index (χ1v) is 10.2. The van der Waals surface area contributed by atoms with Gasteiger partial charge >= 0.3 is 0 Å².